The number of hydrogen-bond acceptors (Lipinski definition) is 7. The molecule has 26 heavy (non-hydrogen) atoms. The third-order valence-corrected chi connectivity index (χ3v) is 5.09. The van der Waals surface area contributed by atoms with E-state index in [1.165, 1.54) is 0 Å². The van der Waals surface area contributed by atoms with E-state index in [0.717, 1.165) is 41.5 Å². The molecule has 132 valence electrons. The van der Waals surface area contributed by atoms with Gasteiger partial charge in [-0.05, 0) is 18.2 Å². The molecule has 0 spiro atoms. The van der Waals surface area contributed by atoms with Crippen molar-refractivity contribution in [2.45, 2.75) is 6.04 Å². The number of amidine groups is 2. The fourth-order valence-corrected chi connectivity index (χ4v) is 3.72. The van der Waals surface area contributed by atoms with E-state index in [0.29, 0.717) is 12.0 Å². The summed E-state index contributed by atoms with van der Waals surface area (Å²) in [6.07, 6.45) is 7.69. The Hall–Kier alpha value is -3.16. The standard InChI is InChI=1S/C18H20N8/c1-24-11-21-14-7-13(3-4-15(14)24)23-17-18-20-9-16(26(18)6-5-19-17)12-8-22-25(2)10-12/h3-8,11-12,16H,9-10H2,1-2H3,(H,19,23). The predicted octanol–water partition coefficient (Wildman–Crippen LogP) is 1.50. The number of nitrogens with one attached hydrogen (secondary N) is 1. The van der Waals surface area contributed by atoms with Crippen molar-refractivity contribution in [2.24, 2.45) is 28.1 Å². The molecule has 0 saturated heterocycles. The highest BCUT2D eigenvalue weighted by atomic mass is 15.5. The Bertz CT molecular complexity index is 982. The van der Waals surface area contributed by atoms with E-state index in [9.17, 15) is 0 Å². The number of aryl methyl sites for hydroxylation is 1. The molecular weight excluding hydrogens is 328 g/mol. The Balaban J connectivity index is 1.37. The van der Waals surface area contributed by atoms with Gasteiger partial charge in [0, 0.05) is 50.9 Å². The molecule has 1 N–H and O–H groups in total. The predicted molar refractivity (Wildman–Crippen MR) is 103 cm³/mol. The van der Waals surface area contributed by atoms with Gasteiger partial charge in [-0.25, -0.2) is 9.98 Å². The van der Waals surface area contributed by atoms with Gasteiger partial charge in [0.05, 0.1) is 29.9 Å². The summed E-state index contributed by atoms with van der Waals surface area (Å²) < 4.78 is 2.01. The molecule has 2 atom stereocenters. The maximum absolute atomic E-state index is 4.75. The van der Waals surface area contributed by atoms with Gasteiger partial charge in [0.1, 0.15) is 0 Å². The minimum absolute atomic E-state index is 0.292. The normalized spacial score (nSPS) is 24.2. The van der Waals surface area contributed by atoms with Crippen LogP contribution in [0.1, 0.15) is 0 Å². The molecule has 4 heterocycles. The second kappa shape index (κ2) is 5.69. The molecule has 2 unspecified atom stereocenters. The first-order valence-corrected chi connectivity index (χ1v) is 8.70. The third-order valence-electron chi connectivity index (χ3n) is 5.09. The lowest BCUT2D eigenvalue weighted by atomic mass is 10.0. The Kier molecular flexibility index (Phi) is 3.31. The summed E-state index contributed by atoms with van der Waals surface area (Å²) in [6.45, 7) is 1.68. The third kappa shape index (κ3) is 2.37. The quantitative estimate of drug-likeness (QED) is 0.893. The monoisotopic (exact) mass is 348 g/mol. The largest absolute Gasteiger partial charge is 0.337 e. The van der Waals surface area contributed by atoms with Crippen molar-refractivity contribution in [3.63, 3.8) is 0 Å². The molecule has 0 radical (unpaired) electrons. The fourth-order valence-electron chi connectivity index (χ4n) is 3.72. The molecule has 3 aliphatic heterocycles. The minimum atomic E-state index is 0.292. The zero-order valence-electron chi connectivity index (χ0n) is 14.7. The van der Waals surface area contributed by atoms with Crippen LogP contribution in [0, 0.1) is 5.92 Å². The zero-order valence-corrected chi connectivity index (χ0v) is 14.7. The topological polar surface area (TPSA) is 73.4 Å². The van der Waals surface area contributed by atoms with Gasteiger partial charge >= 0.3 is 0 Å². The lowest BCUT2D eigenvalue weighted by Gasteiger charge is -2.29. The van der Waals surface area contributed by atoms with Gasteiger partial charge in [0.25, 0.3) is 0 Å². The molecular formula is C18H20N8. The molecule has 8 nitrogen and oxygen atoms in total. The first kappa shape index (κ1) is 15.1. The molecule has 0 aliphatic carbocycles. The van der Waals surface area contributed by atoms with E-state index in [-0.39, 0.29) is 0 Å². The fraction of sp³-hybridized carbons (Fsp3) is 0.333. The van der Waals surface area contributed by atoms with Crippen LogP contribution < -0.4 is 5.32 Å². The molecule has 0 bridgehead atoms. The molecule has 0 amide bonds. The second-order valence-corrected chi connectivity index (χ2v) is 6.87. The SMILES string of the molecule is CN1CC(C2CN=C3C(Nc4ccc5c(c4)ncn5C)=NC=CN32)C=N1. The Morgan fingerprint density at radius 3 is 3.00 bits per heavy atom. The van der Waals surface area contributed by atoms with E-state index in [4.69, 9.17) is 4.99 Å². The molecule has 2 aromatic rings. The van der Waals surface area contributed by atoms with E-state index < -0.39 is 0 Å². The number of benzene rings is 1. The summed E-state index contributed by atoms with van der Waals surface area (Å²) in [5, 5.41) is 9.75. The van der Waals surface area contributed by atoms with E-state index >= 15 is 0 Å². The number of anilines is 1. The average molecular weight is 348 g/mol. The van der Waals surface area contributed by atoms with Crippen molar-refractivity contribution in [1.82, 2.24) is 19.5 Å². The van der Waals surface area contributed by atoms with Gasteiger partial charge in [0.2, 0.25) is 0 Å². The molecule has 0 saturated carbocycles. The molecule has 0 fully saturated rings. The van der Waals surface area contributed by atoms with Gasteiger partial charge in [-0.15, -0.1) is 0 Å². The van der Waals surface area contributed by atoms with Crippen LogP contribution in [0.4, 0.5) is 5.69 Å². The summed E-state index contributed by atoms with van der Waals surface area (Å²) in [5.74, 6) is 2.03. The van der Waals surface area contributed by atoms with Crippen LogP contribution in [-0.2, 0) is 7.05 Å². The van der Waals surface area contributed by atoms with E-state index in [1.54, 1.807) is 0 Å². The Labute approximate surface area is 151 Å². The number of rotatable bonds is 2. The molecule has 3 aliphatic rings. The van der Waals surface area contributed by atoms with Gasteiger partial charge in [-0.2, -0.15) is 5.10 Å². The highest BCUT2D eigenvalue weighted by molar-refractivity contribution is 6.45. The van der Waals surface area contributed by atoms with Crippen LogP contribution in [0.2, 0.25) is 0 Å². The lowest BCUT2D eigenvalue weighted by molar-refractivity contribution is 0.299. The highest BCUT2D eigenvalue weighted by Gasteiger charge is 2.37. The second-order valence-electron chi connectivity index (χ2n) is 6.87. The maximum Gasteiger partial charge on any atom is 0.173 e. The molecule has 5 rings (SSSR count). The van der Waals surface area contributed by atoms with Gasteiger partial charge in [-0.3, -0.25) is 10.0 Å². The zero-order chi connectivity index (χ0) is 17.7. The van der Waals surface area contributed by atoms with Crippen molar-refractivity contribution in [3.05, 3.63) is 36.9 Å². The Morgan fingerprint density at radius 1 is 1.23 bits per heavy atom. The van der Waals surface area contributed by atoms with Crippen molar-refractivity contribution in [1.29, 1.82) is 0 Å². The molecule has 1 aromatic carbocycles. The van der Waals surface area contributed by atoms with E-state index in [1.807, 2.05) is 60.7 Å². The number of imidazole rings is 1. The Morgan fingerprint density at radius 2 is 2.15 bits per heavy atom. The summed E-state index contributed by atoms with van der Waals surface area (Å²) in [7, 11) is 3.99. The highest BCUT2D eigenvalue weighted by Crippen LogP contribution is 2.25. The summed E-state index contributed by atoms with van der Waals surface area (Å²) in [4.78, 5) is 15.9. The molecule has 8 heteroatoms. The first-order valence-electron chi connectivity index (χ1n) is 8.70. The van der Waals surface area contributed by atoms with Gasteiger partial charge in [0.15, 0.2) is 11.7 Å². The summed E-state index contributed by atoms with van der Waals surface area (Å²) in [5.41, 5.74) is 3.02. The number of hydrogen-bond donors (Lipinski definition) is 1. The average Bonchev–Trinajstić information content (AvgIpc) is 3.34. The number of hydrazone groups is 1. The van der Waals surface area contributed by atoms with Crippen LogP contribution in [0.15, 0.2) is 52.0 Å². The smallest absolute Gasteiger partial charge is 0.173 e. The number of nitrogens with zero attached hydrogens (tertiary/aromatic N) is 7. The minimum Gasteiger partial charge on any atom is -0.337 e. The van der Waals surface area contributed by atoms with E-state index in [2.05, 4.69) is 31.4 Å². The van der Waals surface area contributed by atoms with Gasteiger partial charge < -0.3 is 14.8 Å². The molecule has 1 aromatic heterocycles. The number of aliphatic imine (C=N–C) groups is 2. The number of fused-ring (bicyclic) bond motifs is 2. The van der Waals surface area contributed by atoms with Gasteiger partial charge in [-0.1, -0.05) is 0 Å². The van der Waals surface area contributed by atoms with Crippen LogP contribution in [-0.4, -0.2) is 63.5 Å². The van der Waals surface area contributed by atoms with Crippen LogP contribution in [0.3, 0.4) is 0 Å². The van der Waals surface area contributed by atoms with Crippen molar-refractivity contribution < 1.29 is 0 Å². The summed E-state index contributed by atoms with van der Waals surface area (Å²) in [6, 6.07) is 6.43. The lowest BCUT2D eigenvalue weighted by Crippen LogP contribution is -2.45. The number of aromatic nitrogens is 2. The van der Waals surface area contributed by atoms with Crippen molar-refractivity contribution >= 4 is 34.6 Å². The summed E-state index contributed by atoms with van der Waals surface area (Å²) >= 11 is 0. The first-order chi connectivity index (χ1) is 12.7. The maximum atomic E-state index is 4.75. The van der Waals surface area contributed by atoms with Crippen LogP contribution >= 0.6 is 0 Å². The van der Waals surface area contributed by atoms with Crippen LogP contribution in [0.5, 0.6) is 0 Å². The van der Waals surface area contributed by atoms with Crippen molar-refractivity contribution in [3.8, 4) is 0 Å². The van der Waals surface area contributed by atoms with Crippen LogP contribution in [0.25, 0.3) is 11.0 Å². The van der Waals surface area contributed by atoms with Crippen molar-refractivity contribution in [2.75, 3.05) is 25.5 Å².